The molecule has 2 aromatic rings. The molecule has 0 aromatic heterocycles. The number of carbonyl (C=O) groups is 1. The lowest BCUT2D eigenvalue weighted by molar-refractivity contribution is 0.0957. The number of hydrogen-bond donors (Lipinski definition) is 0. The van der Waals surface area contributed by atoms with Gasteiger partial charge in [0.2, 0.25) is 0 Å². The first-order chi connectivity index (χ1) is 9.02. The van der Waals surface area contributed by atoms with Crippen molar-refractivity contribution in [2.75, 3.05) is 0 Å². The molecule has 0 heterocycles. The average molecular weight is 325 g/mol. The largest absolute Gasteiger partial charge is 0.293 e. The molecule has 1 nitrogen and oxygen atoms in total. The predicted octanol–water partition coefficient (Wildman–Crippen LogP) is 4.71. The van der Waals surface area contributed by atoms with Crippen molar-refractivity contribution in [3.63, 3.8) is 0 Å². The van der Waals surface area contributed by atoms with Crippen LogP contribution in [0.2, 0.25) is 0 Å². The van der Waals surface area contributed by atoms with Crippen LogP contribution in [0, 0.1) is 11.6 Å². The van der Waals surface area contributed by atoms with Gasteiger partial charge in [-0.1, -0.05) is 37.3 Å². The van der Waals surface area contributed by atoms with E-state index in [1.165, 1.54) is 6.07 Å². The van der Waals surface area contributed by atoms with E-state index in [9.17, 15) is 13.6 Å². The number of ketones is 1. The van der Waals surface area contributed by atoms with Gasteiger partial charge < -0.3 is 0 Å². The Morgan fingerprint density at radius 2 is 1.74 bits per heavy atom. The molecule has 1 atom stereocenters. The molecule has 0 N–H and O–H groups in total. The summed E-state index contributed by atoms with van der Waals surface area (Å²) in [4.78, 5) is 12.2. The second-order valence-corrected chi connectivity index (χ2v) is 5.07. The minimum Gasteiger partial charge on any atom is -0.293 e. The van der Waals surface area contributed by atoms with E-state index in [2.05, 4.69) is 15.9 Å². The Balaban J connectivity index is 2.43. The van der Waals surface area contributed by atoms with Crippen LogP contribution in [0.4, 0.5) is 8.78 Å². The quantitative estimate of drug-likeness (QED) is 0.590. The standard InChI is InChI=1S/C15H11BrF2O/c1-9(10-5-3-2-4-6-10)15(19)13-12(17)8-7-11(16)14(13)18/h2-9H,1H3. The van der Waals surface area contributed by atoms with Gasteiger partial charge in [-0.3, -0.25) is 4.79 Å². The summed E-state index contributed by atoms with van der Waals surface area (Å²) in [7, 11) is 0. The minimum absolute atomic E-state index is 0.0810. The van der Waals surface area contributed by atoms with E-state index in [0.29, 0.717) is 0 Å². The molecule has 4 heteroatoms. The summed E-state index contributed by atoms with van der Waals surface area (Å²) in [6.07, 6.45) is 0. The number of hydrogen-bond acceptors (Lipinski definition) is 1. The molecule has 0 saturated carbocycles. The zero-order valence-corrected chi connectivity index (χ0v) is 11.7. The van der Waals surface area contributed by atoms with Gasteiger partial charge in [0.25, 0.3) is 0 Å². The van der Waals surface area contributed by atoms with E-state index in [0.717, 1.165) is 11.6 Å². The van der Waals surface area contributed by atoms with Crippen molar-refractivity contribution < 1.29 is 13.6 Å². The Morgan fingerprint density at radius 1 is 1.11 bits per heavy atom. The molecule has 2 rings (SSSR count). The fourth-order valence-electron chi connectivity index (χ4n) is 1.86. The van der Waals surface area contributed by atoms with Crippen LogP contribution >= 0.6 is 15.9 Å². The van der Waals surface area contributed by atoms with Crippen molar-refractivity contribution in [1.29, 1.82) is 0 Å². The lowest BCUT2D eigenvalue weighted by atomic mass is 9.92. The van der Waals surface area contributed by atoms with Gasteiger partial charge in [-0.2, -0.15) is 0 Å². The van der Waals surface area contributed by atoms with Gasteiger partial charge in [0.15, 0.2) is 11.6 Å². The first-order valence-electron chi connectivity index (χ1n) is 5.75. The monoisotopic (exact) mass is 324 g/mol. The minimum atomic E-state index is -0.854. The van der Waals surface area contributed by atoms with Crippen LogP contribution in [0.25, 0.3) is 0 Å². The van der Waals surface area contributed by atoms with Gasteiger partial charge in [-0.05, 0) is 33.6 Å². The molecule has 1 unspecified atom stereocenters. The molecule has 0 amide bonds. The van der Waals surface area contributed by atoms with Crippen LogP contribution in [0.1, 0.15) is 28.8 Å². The molecule has 0 aliphatic carbocycles. The molecule has 98 valence electrons. The van der Waals surface area contributed by atoms with Crippen LogP contribution in [0.3, 0.4) is 0 Å². The number of rotatable bonds is 3. The third kappa shape index (κ3) is 2.73. The summed E-state index contributed by atoms with van der Waals surface area (Å²) < 4.78 is 27.6. The van der Waals surface area contributed by atoms with Gasteiger partial charge >= 0.3 is 0 Å². The maximum absolute atomic E-state index is 13.9. The van der Waals surface area contributed by atoms with Crippen molar-refractivity contribution in [3.8, 4) is 0 Å². The highest BCUT2D eigenvalue weighted by Crippen LogP contribution is 2.27. The van der Waals surface area contributed by atoms with E-state index in [-0.39, 0.29) is 4.47 Å². The van der Waals surface area contributed by atoms with E-state index in [4.69, 9.17) is 0 Å². The summed E-state index contributed by atoms with van der Waals surface area (Å²) in [5, 5.41) is 0. The lowest BCUT2D eigenvalue weighted by Crippen LogP contribution is -2.14. The topological polar surface area (TPSA) is 17.1 Å². The van der Waals surface area contributed by atoms with Crippen molar-refractivity contribution in [2.24, 2.45) is 0 Å². The Morgan fingerprint density at radius 3 is 2.37 bits per heavy atom. The predicted molar refractivity (Wildman–Crippen MR) is 73.2 cm³/mol. The fraction of sp³-hybridized carbons (Fsp3) is 0.133. The van der Waals surface area contributed by atoms with Gasteiger partial charge in [0.05, 0.1) is 10.0 Å². The zero-order valence-electron chi connectivity index (χ0n) is 10.2. The SMILES string of the molecule is CC(C(=O)c1c(F)ccc(Br)c1F)c1ccccc1. The van der Waals surface area contributed by atoms with Crippen LogP contribution < -0.4 is 0 Å². The fourth-order valence-corrected chi connectivity index (χ4v) is 2.19. The molecule has 0 spiro atoms. The van der Waals surface area contributed by atoms with Crippen molar-refractivity contribution in [1.82, 2.24) is 0 Å². The first-order valence-corrected chi connectivity index (χ1v) is 6.54. The maximum Gasteiger partial charge on any atom is 0.175 e. The molecule has 0 bridgehead atoms. The summed E-state index contributed by atoms with van der Waals surface area (Å²) in [5.74, 6) is -2.86. The Hall–Kier alpha value is -1.55. The summed E-state index contributed by atoms with van der Waals surface area (Å²) in [6, 6.07) is 11.2. The average Bonchev–Trinajstić information content (AvgIpc) is 2.43. The van der Waals surface area contributed by atoms with Crippen LogP contribution in [0.15, 0.2) is 46.9 Å². The highest BCUT2D eigenvalue weighted by molar-refractivity contribution is 9.10. The molecule has 19 heavy (non-hydrogen) atoms. The number of benzene rings is 2. The van der Waals surface area contributed by atoms with Gasteiger partial charge in [0, 0.05) is 5.92 Å². The highest BCUT2D eigenvalue weighted by atomic mass is 79.9. The summed E-state index contributed by atoms with van der Waals surface area (Å²) in [5.41, 5.74) is 0.233. The van der Waals surface area contributed by atoms with Crippen molar-refractivity contribution >= 4 is 21.7 Å². The van der Waals surface area contributed by atoms with E-state index < -0.39 is 28.9 Å². The molecule has 0 radical (unpaired) electrons. The maximum atomic E-state index is 13.9. The normalized spacial score (nSPS) is 12.2. The van der Waals surface area contributed by atoms with Gasteiger partial charge in [-0.15, -0.1) is 0 Å². The van der Waals surface area contributed by atoms with Crippen LogP contribution in [0.5, 0.6) is 0 Å². The number of Topliss-reactive ketones (excluding diaryl/α,β-unsaturated/α-hetero) is 1. The highest BCUT2D eigenvalue weighted by Gasteiger charge is 2.25. The van der Waals surface area contributed by atoms with E-state index in [1.807, 2.05) is 6.07 Å². The second kappa shape index (κ2) is 5.61. The molecular formula is C15H11BrF2O. The Kier molecular flexibility index (Phi) is 4.10. The lowest BCUT2D eigenvalue weighted by Gasteiger charge is -2.12. The molecule has 0 aliphatic heterocycles. The van der Waals surface area contributed by atoms with Crippen molar-refractivity contribution in [3.05, 3.63) is 69.7 Å². The van der Waals surface area contributed by atoms with E-state index in [1.54, 1.807) is 31.2 Å². The van der Waals surface area contributed by atoms with Gasteiger partial charge in [0.1, 0.15) is 5.82 Å². The second-order valence-electron chi connectivity index (χ2n) is 4.21. The summed E-state index contributed by atoms with van der Waals surface area (Å²) in [6.45, 7) is 1.64. The van der Waals surface area contributed by atoms with Gasteiger partial charge in [-0.25, -0.2) is 8.78 Å². The first kappa shape index (κ1) is 13.9. The molecule has 0 saturated heterocycles. The number of carbonyl (C=O) groups excluding carboxylic acids is 1. The molecular weight excluding hydrogens is 314 g/mol. The smallest absolute Gasteiger partial charge is 0.175 e. The molecule has 0 fully saturated rings. The molecule has 2 aromatic carbocycles. The Labute approximate surface area is 118 Å². The van der Waals surface area contributed by atoms with Crippen LogP contribution in [-0.4, -0.2) is 5.78 Å². The van der Waals surface area contributed by atoms with Crippen LogP contribution in [-0.2, 0) is 0 Å². The Bertz CT molecular complexity index is 611. The molecule has 0 aliphatic rings. The zero-order chi connectivity index (χ0) is 14.0. The number of halogens is 3. The van der Waals surface area contributed by atoms with E-state index >= 15 is 0 Å². The third-order valence-corrected chi connectivity index (χ3v) is 3.60. The third-order valence-electron chi connectivity index (χ3n) is 2.98. The van der Waals surface area contributed by atoms with Crippen molar-refractivity contribution in [2.45, 2.75) is 12.8 Å². The summed E-state index contributed by atoms with van der Waals surface area (Å²) >= 11 is 2.96.